The van der Waals surface area contributed by atoms with Gasteiger partial charge in [-0.05, 0) is 43.2 Å². The summed E-state index contributed by atoms with van der Waals surface area (Å²) in [6.07, 6.45) is 0. The Morgan fingerprint density at radius 1 is 1.10 bits per heavy atom. The first-order valence-corrected chi connectivity index (χ1v) is 6.47. The molecular weight excluding hydrogens is 252 g/mol. The van der Waals surface area contributed by atoms with Gasteiger partial charge in [0.2, 0.25) is 0 Å². The topological polar surface area (TPSA) is 35.5 Å². The summed E-state index contributed by atoms with van der Waals surface area (Å²) in [6, 6.07) is 13.0. The molecule has 0 aliphatic rings. The Kier molecular flexibility index (Phi) is 4.53. The number of carbonyl (C=O) groups excluding carboxylic acids is 1. The van der Waals surface area contributed by atoms with Crippen LogP contribution in [0.15, 0.2) is 42.5 Å². The highest BCUT2D eigenvalue weighted by molar-refractivity contribution is 5.91. The normalized spacial score (nSPS) is 10.3. The molecule has 0 N–H and O–H groups in total. The summed E-state index contributed by atoms with van der Waals surface area (Å²) in [7, 11) is 1.63. The van der Waals surface area contributed by atoms with Crippen LogP contribution in [0, 0.1) is 13.8 Å². The van der Waals surface area contributed by atoms with Crippen molar-refractivity contribution in [2.24, 2.45) is 0 Å². The van der Waals surface area contributed by atoms with Crippen LogP contribution in [0.25, 0.3) is 0 Å². The molecular formula is C17H18O3. The maximum atomic E-state index is 12.1. The van der Waals surface area contributed by atoms with Crippen LogP contribution in [-0.2, 0) is 11.3 Å². The van der Waals surface area contributed by atoms with Crippen molar-refractivity contribution < 1.29 is 14.3 Å². The minimum Gasteiger partial charge on any atom is -0.423 e. The summed E-state index contributed by atoms with van der Waals surface area (Å²) in [5, 5.41) is 0. The van der Waals surface area contributed by atoms with Gasteiger partial charge in [0.1, 0.15) is 5.75 Å². The Morgan fingerprint density at radius 2 is 1.90 bits per heavy atom. The number of aryl methyl sites for hydroxylation is 2. The molecule has 0 atom stereocenters. The Labute approximate surface area is 119 Å². The fourth-order valence-corrected chi connectivity index (χ4v) is 2.03. The molecule has 0 saturated carbocycles. The zero-order valence-corrected chi connectivity index (χ0v) is 12.0. The van der Waals surface area contributed by atoms with Crippen LogP contribution in [-0.4, -0.2) is 13.1 Å². The van der Waals surface area contributed by atoms with Crippen molar-refractivity contribution in [3.8, 4) is 5.75 Å². The van der Waals surface area contributed by atoms with Gasteiger partial charge >= 0.3 is 5.97 Å². The van der Waals surface area contributed by atoms with E-state index in [0.29, 0.717) is 17.9 Å². The van der Waals surface area contributed by atoms with Crippen LogP contribution in [0.4, 0.5) is 0 Å². The molecule has 0 aromatic heterocycles. The Hall–Kier alpha value is -2.13. The lowest BCUT2D eigenvalue weighted by molar-refractivity contribution is 0.0733. The van der Waals surface area contributed by atoms with Crippen molar-refractivity contribution in [2.75, 3.05) is 7.11 Å². The second-order valence-corrected chi connectivity index (χ2v) is 4.79. The van der Waals surface area contributed by atoms with E-state index in [1.807, 2.05) is 44.2 Å². The number of hydrogen-bond donors (Lipinski definition) is 0. The zero-order valence-electron chi connectivity index (χ0n) is 12.0. The summed E-state index contributed by atoms with van der Waals surface area (Å²) >= 11 is 0. The van der Waals surface area contributed by atoms with Gasteiger partial charge in [-0.1, -0.05) is 29.8 Å². The van der Waals surface area contributed by atoms with Crippen molar-refractivity contribution in [2.45, 2.75) is 20.5 Å². The van der Waals surface area contributed by atoms with E-state index in [2.05, 4.69) is 0 Å². The largest absolute Gasteiger partial charge is 0.423 e. The van der Waals surface area contributed by atoms with E-state index in [9.17, 15) is 4.79 Å². The molecule has 0 amide bonds. The maximum Gasteiger partial charge on any atom is 0.343 e. The molecule has 0 unspecified atom stereocenters. The minimum atomic E-state index is -0.352. The second-order valence-electron chi connectivity index (χ2n) is 4.79. The number of rotatable bonds is 4. The fraction of sp³-hybridized carbons (Fsp3) is 0.235. The molecule has 0 spiro atoms. The average molecular weight is 270 g/mol. The van der Waals surface area contributed by atoms with Gasteiger partial charge in [-0.25, -0.2) is 4.79 Å². The molecule has 0 fully saturated rings. The molecule has 3 heteroatoms. The first kappa shape index (κ1) is 14.3. The molecule has 2 aromatic carbocycles. The SMILES string of the molecule is COCc1cccc(C(=O)Oc2ccc(C)cc2C)c1. The molecule has 2 rings (SSSR count). The quantitative estimate of drug-likeness (QED) is 0.628. The Balaban J connectivity index is 2.17. The zero-order chi connectivity index (χ0) is 14.5. The predicted molar refractivity (Wildman–Crippen MR) is 78.0 cm³/mol. The molecule has 0 aliphatic carbocycles. The molecule has 0 saturated heterocycles. The number of benzene rings is 2. The lowest BCUT2D eigenvalue weighted by Gasteiger charge is -2.09. The highest BCUT2D eigenvalue weighted by Crippen LogP contribution is 2.20. The average Bonchev–Trinajstić information content (AvgIpc) is 2.42. The molecule has 3 nitrogen and oxygen atoms in total. The van der Waals surface area contributed by atoms with Crippen LogP contribution < -0.4 is 4.74 Å². The van der Waals surface area contributed by atoms with Crippen molar-refractivity contribution >= 4 is 5.97 Å². The summed E-state index contributed by atoms with van der Waals surface area (Å²) in [5.74, 6) is 0.243. The van der Waals surface area contributed by atoms with Crippen molar-refractivity contribution in [1.82, 2.24) is 0 Å². The second kappa shape index (κ2) is 6.35. The van der Waals surface area contributed by atoms with Gasteiger partial charge < -0.3 is 9.47 Å². The van der Waals surface area contributed by atoms with Gasteiger partial charge in [0.05, 0.1) is 12.2 Å². The lowest BCUT2D eigenvalue weighted by Crippen LogP contribution is -2.09. The number of methoxy groups -OCH3 is 1. The summed E-state index contributed by atoms with van der Waals surface area (Å²) in [4.78, 5) is 12.1. The predicted octanol–water partition coefficient (Wildman–Crippen LogP) is 3.67. The molecule has 0 bridgehead atoms. The van der Waals surface area contributed by atoms with Gasteiger partial charge in [0.25, 0.3) is 0 Å². The molecule has 104 valence electrons. The standard InChI is InChI=1S/C17H18O3/c1-12-7-8-16(13(2)9-12)20-17(18)15-6-4-5-14(10-15)11-19-3/h4-10H,11H2,1-3H3. The van der Waals surface area contributed by atoms with E-state index in [4.69, 9.17) is 9.47 Å². The number of hydrogen-bond acceptors (Lipinski definition) is 3. The summed E-state index contributed by atoms with van der Waals surface area (Å²) in [6.45, 7) is 4.41. The number of ether oxygens (including phenoxy) is 2. The maximum absolute atomic E-state index is 12.1. The molecule has 2 aromatic rings. The van der Waals surface area contributed by atoms with Crippen LogP contribution in [0.5, 0.6) is 5.75 Å². The monoisotopic (exact) mass is 270 g/mol. The first-order valence-electron chi connectivity index (χ1n) is 6.47. The molecule has 0 radical (unpaired) electrons. The molecule has 0 heterocycles. The van der Waals surface area contributed by atoms with Crippen LogP contribution >= 0.6 is 0 Å². The van der Waals surface area contributed by atoms with E-state index >= 15 is 0 Å². The van der Waals surface area contributed by atoms with Crippen molar-refractivity contribution in [3.05, 3.63) is 64.7 Å². The van der Waals surface area contributed by atoms with Crippen LogP contribution in [0.2, 0.25) is 0 Å². The third-order valence-electron chi connectivity index (χ3n) is 3.01. The van der Waals surface area contributed by atoms with Crippen LogP contribution in [0.3, 0.4) is 0 Å². The van der Waals surface area contributed by atoms with E-state index in [1.54, 1.807) is 19.2 Å². The molecule has 20 heavy (non-hydrogen) atoms. The minimum absolute atomic E-state index is 0.352. The van der Waals surface area contributed by atoms with E-state index in [1.165, 1.54) is 0 Å². The Bertz CT molecular complexity index is 617. The van der Waals surface area contributed by atoms with E-state index in [0.717, 1.165) is 16.7 Å². The first-order chi connectivity index (χ1) is 9.60. The fourth-order valence-electron chi connectivity index (χ4n) is 2.03. The highest BCUT2D eigenvalue weighted by Gasteiger charge is 2.10. The highest BCUT2D eigenvalue weighted by atomic mass is 16.5. The van der Waals surface area contributed by atoms with Gasteiger partial charge in [0, 0.05) is 7.11 Å². The summed E-state index contributed by atoms with van der Waals surface area (Å²) in [5.41, 5.74) is 3.57. The smallest absolute Gasteiger partial charge is 0.343 e. The van der Waals surface area contributed by atoms with Gasteiger partial charge in [-0.2, -0.15) is 0 Å². The van der Waals surface area contributed by atoms with Gasteiger partial charge in [-0.3, -0.25) is 0 Å². The van der Waals surface area contributed by atoms with Crippen molar-refractivity contribution in [3.63, 3.8) is 0 Å². The lowest BCUT2D eigenvalue weighted by atomic mass is 10.1. The third-order valence-corrected chi connectivity index (χ3v) is 3.01. The Morgan fingerprint density at radius 3 is 2.60 bits per heavy atom. The molecule has 0 aliphatic heterocycles. The third kappa shape index (κ3) is 3.45. The van der Waals surface area contributed by atoms with Crippen LogP contribution in [0.1, 0.15) is 27.0 Å². The van der Waals surface area contributed by atoms with Gasteiger partial charge in [0.15, 0.2) is 0 Å². The van der Waals surface area contributed by atoms with E-state index < -0.39 is 0 Å². The van der Waals surface area contributed by atoms with Gasteiger partial charge in [-0.15, -0.1) is 0 Å². The van der Waals surface area contributed by atoms with Crippen molar-refractivity contribution in [1.29, 1.82) is 0 Å². The number of carbonyl (C=O) groups is 1. The van der Waals surface area contributed by atoms with E-state index in [-0.39, 0.29) is 5.97 Å². The number of esters is 1. The summed E-state index contributed by atoms with van der Waals surface area (Å²) < 4.78 is 10.5.